The Morgan fingerprint density at radius 1 is 0.545 bits per heavy atom. The molecule has 4 N–H and O–H groups in total. The number of nitrogens with one attached hydrogen (secondary N) is 1. The molecule has 318 valence electrons. The molecule has 0 heterocycles. The van der Waals surface area contributed by atoms with Crippen LogP contribution in [0.5, 0.6) is 0 Å². The number of amides is 1. The molecule has 0 bridgehead atoms. The lowest BCUT2D eigenvalue weighted by molar-refractivity contribution is -0.147. The van der Waals surface area contributed by atoms with E-state index in [0.29, 0.717) is 38.6 Å². The maximum absolute atomic E-state index is 12.8. The van der Waals surface area contributed by atoms with Gasteiger partial charge in [-0.2, -0.15) is 0 Å². The van der Waals surface area contributed by atoms with Crippen LogP contribution in [-0.4, -0.2) is 41.6 Å². The third-order valence-electron chi connectivity index (χ3n) is 10.1. The van der Waals surface area contributed by atoms with Crippen molar-refractivity contribution in [3.05, 3.63) is 48.6 Å². The Morgan fingerprint density at radius 2 is 1.00 bits per heavy atom. The highest BCUT2D eigenvalue weighted by atomic mass is 16.5. The molecule has 0 saturated carbocycles. The fourth-order valence-electron chi connectivity index (χ4n) is 6.60. The van der Waals surface area contributed by atoms with Crippen LogP contribution in [-0.2, 0) is 19.1 Å². The highest BCUT2D eigenvalue weighted by molar-refractivity contribution is 5.83. The van der Waals surface area contributed by atoms with Crippen molar-refractivity contribution in [1.82, 2.24) is 5.32 Å². The number of hydrogen-bond donors (Lipinski definition) is 3. The Bertz CT molecular complexity index is 1000. The lowest BCUT2D eigenvalue weighted by Gasteiger charge is -2.15. The molecule has 0 radical (unpaired) electrons. The highest BCUT2D eigenvalue weighted by Crippen LogP contribution is 2.16. The van der Waals surface area contributed by atoms with E-state index in [1.54, 1.807) is 0 Å². The molecule has 0 fully saturated rings. The van der Waals surface area contributed by atoms with Crippen LogP contribution < -0.4 is 11.1 Å². The largest absolute Gasteiger partial charge is 0.480 e. The Balaban J connectivity index is 4.26. The van der Waals surface area contributed by atoms with Gasteiger partial charge in [0.05, 0.1) is 0 Å². The molecule has 2 unspecified atom stereocenters. The van der Waals surface area contributed by atoms with Gasteiger partial charge in [-0.15, -0.1) is 0 Å². The zero-order valence-corrected chi connectivity index (χ0v) is 35.8. The van der Waals surface area contributed by atoms with Crippen LogP contribution in [0.1, 0.15) is 219 Å². The van der Waals surface area contributed by atoms with Crippen LogP contribution in [0.2, 0.25) is 0 Å². The summed E-state index contributed by atoms with van der Waals surface area (Å²) >= 11 is 0. The van der Waals surface area contributed by atoms with Crippen molar-refractivity contribution in [2.75, 3.05) is 6.54 Å². The molecule has 0 aromatic heterocycles. The van der Waals surface area contributed by atoms with Crippen molar-refractivity contribution >= 4 is 17.8 Å². The van der Waals surface area contributed by atoms with Crippen molar-refractivity contribution in [1.29, 1.82) is 0 Å². The van der Waals surface area contributed by atoms with Gasteiger partial charge in [-0.3, -0.25) is 9.59 Å². The van der Waals surface area contributed by atoms with Crippen molar-refractivity contribution in [3.63, 3.8) is 0 Å². The van der Waals surface area contributed by atoms with E-state index in [9.17, 15) is 19.5 Å². The van der Waals surface area contributed by atoms with E-state index in [-0.39, 0.29) is 18.0 Å². The monoisotopic (exact) mass is 771 g/mol. The highest BCUT2D eigenvalue weighted by Gasteiger charge is 2.19. The number of carbonyl (C=O) groups is 3. The second-order valence-electron chi connectivity index (χ2n) is 15.5. The summed E-state index contributed by atoms with van der Waals surface area (Å²) in [6.07, 6.45) is 51.7. The third kappa shape index (κ3) is 39.4. The van der Waals surface area contributed by atoms with Crippen LogP contribution in [0, 0.1) is 0 Å². The van der Waals surface area contributed by atoms with Gasteiger partial charge in [0.25, 0.3) is 0 Å². The van der Waals surface area contributed by atoms with Gasteiger partial charge in [0.1, 0.15) is 12.1 Å². The lowest BCUT2D eigenvalue weighted by Crippen LogP contribution is -2.40. The number of allylic oxidation sites excluding steroid dienone is 7. The number of carbonyl (C=O) groups excluding carboxylic acids is 2. The SMILES string of the molecule is CCCCCCC/C=C\C/C=C\C/C=C\CCCCCCCCC(=O)OC(/C=C\CCCCCCCCC)CCCCCCC(=O)NC(CCCN)C(=O)O. The van der Waals surface area contributed by atoms with E-state index < -0.39 is 12.0 Å². The maximum atomic E-state index is 12.8. The van der Waals surface area contributed by atoms with Crippen molar-refractivity contribution in [2.45, 2.75) is 231 Å². The number of rotatable bonds is 41. The van der Waals surface area contributed by atoms with Gasteiger partial charge in [-0.1, -0.05) is 159 Å². The van der Waals surface area contributed by atoms with E-state index in [2.05, 4.69) is 67.8 Å². The molecule has 0 aromatic rings. The Hall–Kier alpha value is -2.67. The molecule has 1 amide bonds. The molecular formula is C48H86N2O5. The fraction of sp³-hybridized carbons (Fsp3) is 0.771. The lowest BCUT2D eigenvalue weighted by atomic mass is 10.1. The van der Waals surface area contributed by atoms with Crippen LogP contribution in [0.25, 0.3) is 0 Å². The Kier molecular flexibility index (Phi) is 40.4. The number of esters is 1. The number of carboxylic acid groups (broad SMARTS) is 1. The molecule has 0 aliphatic rings. The van der Waals surface area contributed by atoms with Crippen molar-refractivity contribution in [3.8, 4) is 0 Å². The van der Waals surface area contributed by atoms with Crippen LogP contribution in [0.3, 0.4) is 0 Å². The third-order valence-corrected chi connectivity index (χ3v) is 10.1. The number of nitrogens with two attached hydrogens (primary N) is 1. The van der Waals surface area contributed by atoms with E-state index >= 15 is 0 Å². The average Bonchev–Trinajstić information content (AvgIpc) is 3.17. The van der Waals surface area contributed by atoms with Crippen LogP contribution >= 0.6 is 0 Å². The summed E-state index contributed by atoms with van der Waals surface area (Å²) in [6.45, 7) is 4.91. The summed E-state index contributed by atoms with van der Waals surface area (Å²) in [5.41, 5.74) is 5.49. The summed E-state index contributed by atoms with van der Waals surface area (Å²) in [6, 6.07) is -0.873. The smallest absolute Gasteiger partial charge is 0.326 e. The van der Waals surface area contributed by atoms with Crippen LogP contribution in [0.4, 0.5) is 0 Å². The van der Waals surface area contributed by atoms with Gasteiger partial charge < -0.3 is 20.9 Å². The first-order valence-corrected chi connectivity index (χ1v) is 23.0. The Labute approximate surface area is 338 Å². The first kappa shape index (κ1) is 52.3. The number of hydrogen-bond acceptors (Lipinski definition) is 5. The molecule has 0 saturated heterocycles. The minimum absolute atomic E-state index is 0.0992. The normalized spacial score (nSPS) is 13.1. The van der Waals surface area contributed by atoms with Gasteiger partial charge in [-0.05, 0) is 103 Å². The molecule has 0 rings (SSSR count). The van der Waals surface area contributed by atoms with E-state index in [1.165, 1.54) is 103 Å². The van der Waals surface area contributed by atoms with E-state index in [4.69, 9.17) is 10.5 Å². The topological polar surface area (TPSA) is 119 Å². The molecule has 0 aliphatic carbocycles. The van der Waals surface area contributed by atoms with Gasteiger partial charge in [0.2, 0.25) is 5.91 Å². The minimum Gasteiger partial charge on any atom is -0.480 e. The summed E-state index contributed by atoms with van der Waals surface area (Å²) < 4.78 is 5.94. The maximum Gasteiger partial charge on any atom is 0.326 e. The molecule has 0 aromatic carbocycles. The first-order chi connectivity index (χ1) is 26.9. The molecule has 0 aliphatic heterocycles. The van der Waals surface area contributed by atoms with Gasteiger partial charge in [-0.25, -0.2) is 4.79 Å². The number of unbranched alkanes of at least 4 members (excludes halogenated alkanes) is 21. The first-order valence-electron chi connectivity index (χ1n) is 23.0. The molecular weight excluding hydrogens is 685 g/mol. The number of carboxylic acids is 1. The standard InChI is InChI=1S/C48H86N2O5/c1-3-5-7-9-11-13-14-15-16-17-18-19-20-21-22-23-24-26-28-30-36-42-47(52)55-44(38-33-29-27-25-12-10-8-6-4-2)39-34-31-32-35-41-46(51)50-45(48(53)54)40-37-43-49/h14-15,17-18,20-21,33,38,44-45H,3-13,16,19,22-32,34-37,39-43,49H2,1-2H3,(H,50,51)(H,53,54)/b15-14-,18-17-,21-20-,38-33-. The van der Waals surface area contributed by atoms with Gasteiger partial charge in [0.15, 0.2) is 0 Å². The summed E-state index contributed by atoms with van der Waals surface area (Å²) in [5, 5.41) is 11.9. The second kappa shape index (κ2) is 42.5. The number of aliphatic carboxylic acids is 1. The fourth-order valence-corrected chi connectivity index (χ4v) is 6.60. The molecule has 0 spiro atoms. The van der Waals surface area contributed by atoms with Crippen molar-refractivity contribution in [2.24, 2.45) is 5.73 Å². The minimum atomic E-state index is -1.02. The zero-order valence-electron chi connectivity index (χ0n) is 35.8. The number of ether oxygens (including phenoxy) is 1. The molecule has 7 nitrogen and oxygen atoms in total. The van der Waals surface area contributed by atoms with E-state index in [1.807, 2.05) is 0 Å². The molecule has 7 heteroatoms. The summed E-state index contributed by atoms with van der Waals surface area (Å²) in [4.78, 5) is 36.4. The van der Waals surface area contributed by atoms with Crippen molar-refractivity contribution < 1.29 is 24.2 Å². The molecule has 55 heavy (non-hydrogen) atoms. The quantitative estimate of drug-likeness (QED) is 0.0324. The summed E-state index contributed by atoms with van der Waals surface area (Å²) in [7, 11) is 0. The predicted octanol–water partition coefficient (Wildman–Crippen LogP) is 13.2. The summed E-state index contributed by atoms with van der Waals surface area (Å²) in [5.74, 6) is -1.34. The van der Waals surface area contributed by atoms with Gasteiger partial charge in [0, 0.05) is 12.8 Å². The second-order valence-corrected chi connectivity index (χ2v) is 15.5. The Morgan fingerprint density at radius 3 is 1.53 bits per heavy atom. The molecule has 2 atom stereocenters. The van der Waals surface area contributed by atoms with Crippen LogP contribution in [0.15, 0.2) is 48.6 Å². The zero-order chi connectivity index (χ0) is 40.3. The predicted molar refractivity (Wildman–Crippen MR) is 234 cm³/mol. The average molecular weight is 771 g/mol. The van der Waals surface area contributed by atoms with E-state index in [0.717, 1.165) is 70.6 Å². The van der Waals surface area contributed by atoms with Gasteiger partial charge >= 0.3 is 11.9 Å².